The molecule has 2 amide bonds. The molecule has 1 unspecified atom stereocenters. The SMILES string of the molecule is CCCCNC(=O)C(Cc1ccccc1)N(Cc1ccc(Cl)cc1)C(=O)CN(C)S(=O)(=O)c1ccc(Cl)cc1. The number of benzene rings is 3. The minimum Gasteiger partial charge on any atom is -0.354 e. The lowest BCUT2D eigenvalue weighted by Crippen LogP contribution is -2.53. The van der Waals surface area contributed by atoms with Gasteiger partial charge in [-0.2, -0.15) is 4.31 Å². The van der Waals surface area contributed by atoms with Gasteiger partial charge in [-0.3, -0.25) is 9.59 Å². The number of carbonyl (C=O) groups excluding carboxylic acids is 2. The van der Waals surface area contributed by atoms with Crippen molar-refractivity contribution in [3.05, 3.63) is 100 Å². The van der Waals surface area contributed by atoms with Crippen molar-refractivity contribution in [2.24, 2.45) is 0 Å². The minimum atomic E-state index is -3.98. The molecule has 0 heterocycles. The van der Waals surface area contributed by atoms with E-state index in [1.807, 2.05) is 37.3 Å². The number of nitrogens with zero attached hydrogens (tertiary/aromatic N) is 2. The van der Waals surface area contributed by atoms with Gasteiger partial charge < -0.3 is 10.2 Å². The first-order valence-corrected chi connectivity index (χ1v) is 14.9. The number of amides is 2. The largest absolute Gasteiger partial charge is 0.354 e. The first-order valence-electron chi connectivity index (χ1n) is 12.7. The molecule has 0 bridgehead atoms. The molecule has 39 heavy (non-hydrogen) atoms. The highest BCUT2D eigenvalue weighted by Gasteiger charge is 2.33. The van der Waals surface area contributed by atoms with Gasteiger partial charge in [0.05, 0.1) is 11.4 Å². The second-order valence-corrected chi connectivity index (χ2v) is 12.1. The van der Waals surface area contributed by atoms with Crippen LogP contribution >= 0.6 is 23.2 Å². The van der Waals surface area contributed by atoms with Crippen LogP contribution in [0, 0.1) is 0 Å². The molecule has 0 aliphatic rings. The van der Waals surface area contributed by atoms with E-state index in [4.69, 9.17) is 23.2 Å². The number of sulfonamides is 1. The van der Waals surface area contributed by atoms with Crippen LogP contribution in [0.25, 0.3) is 0 Å². The number of likely N-dealkylation sites (N-methyl/N-ethyl adjacent to an activating group) is 1. The van der Waals surface area contributed by atoms with Gasteiger partial charge in [0.25, 0.3) is 0 Å². The van der Waals surface area contributed by atoms with Gasteiger partial charge in [0.1, 0.15) is 6.04 Å². The van der Waals surface area contributed by atoms with E-state index >= 15 is 0 Å². The fourth-order valence-electron chi connectivity index (χ4n) is 4.00. The summed E-state index contributed by atoms with van der Waals surface area (Å²) in [6.07, 6.45) is 1.98. The van der Waals surface area contributed by atoms with Crippen molar-refractivity contribution in [1.29, 1.82) is 0 Å². The fourth-order valence-corrected chi connectivity index (χ4v) is 5.37. The fraction of sp³-hybridized carbons (Fsp3) is 0.310. The Morgan fingerprint density at radius 3 is 2.05 bits per heavy atom. The van der Waals surface area contributed by atoms with E-state index in [2.05, 4.69) is 5.32 Å². The average Bonchev–Trinajstić information content (AvgIpc) is 2.92. The van der Waals surface area contributed by atoms with Gasteiger partial charge in [0.15, 0.2) is 0 Å². The average molecular weight is 591 g/mol. The third-order valence-corrected chi connectivity index (χ3v) is 8.57. The van der Waals surface area contributed by atoms with Crippen LogP contribution in [0.15, 0.2) is 83.8 Å². The van der Waals surface area contributed by atoms with Crippen LogP contribution in [0.4, 0.5) is 0 Å². The summed E-state index contributed by atoms with van der Waals surface area (Å²) in [5.74, 6) is -0.797. The van der Waals surface area contributed by atoms with Crippen LogP contribution in [0.2, 0.25) is 10.0 Å². The zero-order chi connectivity index (χ0) is 28.4. The molecule has 3 rings (SSSR count). The van der Waals surface area contributed by atoms with Gasteiger partial charge in [0, 0.05) is 36.6 Å². The van der Waals surface area contributed by atoms with Crippen LogP contribution in [-0.2, 0) is 32.6 Å². The van der Waals surface area contributed by atoms with Crippen molar-refractivity contribution < 1.29 is 18.0 Å². The van der Waals surface area contributed by atoms with E-state index in [0.29, 0.717) is 16.6 Å². The maximum atomic E-state index is 13.8. The lowest BCUT2D eigenvalue weighted by molar-refractivity contribution is -0.141. The lowest BCUT2D eigenvalue weighted by atomic mass is 10.0. The van der Waals surface area contributed by atoms with Crippen molar-refractivity contribution in [3.8, 4) is 0 Å². The number of nitrogens with one attached hydrogen (secondary N) is 1. The number of hydrogen-bond acceptors (Lipinski definition) is 4. The highest BCUT2D eigenvalue weighted by Crippen LogP contribution is 2.20. The van der Waals surface area contributed by atoms with Crippen LogP contribution in [-0.4, -0.2) is 55.6 Å². The van der Waals surface area contributed by atoms with Crippen LogP contribution in [0.1, 0.15) is 30.9 Å². The van der Waals surface area contributed by atoms with Gasteiger partial charge in [-0.25, -0.2) is 8.42 Å². The van der Waals surface area contributed by atoms with Crippen LogP contribution in [0.5, 0.6) is 0 Å². The monoisotopic (exact) mass is 589 g/mol. The summed E-state index contributed by atoms with van der Waals surface area (Å²) in [5.41, 5.74) is 1.64. The summed E-state index contributed by atoms with van der Waals surface area (Å²) >= 11 is 12.0. The molecule has 1 N–H and O–H groups in total. The molecule has 208 valence electrons. The topological polar surface area (TPSA) is 86.8 Å². The second-order valence-electron chi connectivity index (χ2n) is 9.21. The first kappa shape index (κ1) is 30.6. The van der Waals surface area contributed by atoms with Gasteiger partial charge in [0.2, 0.25) is 21.8 Å². The zero-order valence-corrected chi connectivity index (χ0v) is 24.3. The number of hydrogen-bond donors (Lipinski definition) is 1. The zero-order valence-electron chi connectivity index (χ0n) is 22.0. The molecular weight excluding hydrogens is 557 g/mol. The number of unbranched alkanes of at least 4 members (excludes halogenated alkanes) is 1. The van der Waals surface area contributed by atoms with E-state index in [9.17, 15) is 18.0 Å². The lowest BCUT2D eigenvalue weighted by Gasteiger charge is -2.32. The Bertz CT molecular complexity index is 1340. The Balaban J connectivity index is 1.94. The Kier molecular flexibility index (Phi) is 11.4. The van der Waals surface area contributed by atoms with Crippen LogP contribution < -0.4 is 5.32 Å². The summed E-state index contributed by atoms with van der Waals surface area (Å²) in [6.45, 7) is 2.16. The van der Waals surface area contributed by atoms with Crippen molar-refractivity contribution in [1.82, 2.24) is 14.5 Å². The Hall–Kier alpha value is -2.91. The smallest absolute Gasteiger partial charge is 0.243 e. The number of rotatable bonds is 13. The predicted molar refractivity (Wildman–Crippen MR) is 155 cm³/mol. The predicted octanol–water partition coefficient (Wildman–Crippen LogP) is 5.17. The Morgan fingerprint density at radius 2 is 1.46 bits per heavy atom. The standard InChI is InChI=1S/C29H33Cl2N3O4S/c1-3-4-18-32-29(36)27(19-22-8-6-5-7-9-22)34(20-23-10-12-24(30)13-11-23)28(35)21-33(2)39(37,38)26-16-14-25(31)15-17-26/h5-17,27H,3-4,18-21H2,1-2H3,(H,32,36). The third kappa shape index (κ3) is 8.80. The van der Waals surface area contributed by atoms with Gasteiger partial charge in [-0.1, -0.05) is 79.0 Å². The summed E-state index contributed by atoms with van der Waals surface area (Å²) in [4.78, 5) is 28.8. The molecule has 0 saturated heterocycles. The molecule has 0 radical (unpaired) electrons. The van der Waals surface area contributed by atoms with E-state index < -0.39 is 28.5 Å². The molecule has 0 spiro atoms. The molecule has 1 atom stereocenters. The molecular formula is C29H33Cl2N3O4S. The van der Waals surface area contributed by atoms with Crippen molar-refractivity contribution in [3.63, 3.8) is 0 Å². The summed E-state index contributed by atoms with van der Waals surface area (Å²) in [6, 6.07) is 21.3. The summed E-state index contributed by atoms with van der Waals surface area (Å²) in [7, 11) is -2.63. The maximum absolute atomic E-state index is 13.8. The number of carbonyl (C=O) groups is 2. The van der Waals surface area contributed by atoms with E-state index in [-0.39, 0.29) is 23.8 Å². The number of halogens is 2. The van der Waals surface area contributed by atoms with Crippen LogP contribution in [0.3, 0.4) is 0 Å². The van der Waals surface area contributed by atoms with Crippen molar-refractivity contribution in [2.75, 3.05) is 20.1 Å². The highest BCUT2D eigenvalue weighted by molar-refractivity contribution is 7.89. The summed E-state index contributed by atoms with van der Waals surface area (Å²) < 4.78 is 27.4. The first-order chi connectivity index (χ1) is 18.6. The van der Waals surface area contributed by atoms with E-state index in [1.165, 1.54) is 36.2 Å². The molecule has 3 aromatic rings. The molecule has 3 aromatic carbocycles. The molecule has 0 aliphatic heterocycles. The van der Waals surface area contributed by atoms with Gasteiger partial charge in [-0.15, -0.1) is 0 Å². The summed E-state index contributed by atoms with van der Waals surface area (Å²) in [5, 5.41) is 3.90. The highest BCUT2D eigenvalue weighted by atomic mass is 35.5. The quantitative estimate of drug-likeness (QED) is 0.279. The molecule has 0 aliphatic carbocycles. The van der Waals surface area contributed by atoms with E-state index in [0.717, 1.165) is 28.3 Å². The molecule has 7 nitrogen and oxygen atoms in total. The molecule has 10 heteroatoms. The second kappa shape index (κ2) is 14.5. The maximum Gasteiger partial charge on any atom is 0.243 e. The Morgan fingerprint density at radius 1 is 0.872 bits per heavy atom. The molecule has 0 fully saturated rings. The van der Waals surface area contributed by atoms with Crippen molar-refractivity contribution >= 4 is 45.0 Å². The van der Waals surface area contributed by atoms with Crippen molar-refractivity contribution in [2.45, 2.75) is 43.7 Å². The third-order valence-electron chi connectivity index (χ3n) is 6.25. The van der Waals surface area contributed by atoms with Gasteiger partial charge >= 0.3 is 0 Å². The van der Waals surface area contributed by atoms with Gasteiger partial charge in [-0.05, 0) is 53.9 Å². The molecule has 0 aromatic heterocycles. The normalized spacial score (nSPS) is 12.2. The molecule has 0 saturated carbocycles. The Labute approximate surface area is 240 Å². The minimum absolute atomic E-state index is 0.0181. The van der Waals surface area contributed by atoms with E-state index in [1.54, 1.807) is 24.3 Å².